The van der Waals surface area contributed by atoms with E-state index in [4.69, 9.17) is 5.11 Å². The quantitative estimate of drug-likeness (QED) is 0.381. The molecule has 0 bridgehead atoms. The zero-order valence-electron chi connectivity index (χ0n) is 19.8. The van der Waals surface area contributed by atoms with Crippen LogP contribution < -0.4 is 10.2 Å². The van der Waals surface area contributed by atoms with E-state index >= 15 is 0 Å². The number of aliphatic hydroxyl groups is 2. The summed E-state index contributed by atoms with van der Waals surface area (Å²) in [6.45, 7) is 2.02. The maximum absolute atomic E-state index is 14.7. The Morgan fingerprint density at radius 3 is 2.66 bits per heavy atom. The van der Waals surface area contributed by atoms with Gasteiger partial charge < -0.3 is 20.0 Å². The SMILES string of the molecule is CC1CN(c2ncc(CC(O)CO)cc2F)CCN1C(=O)Nc1nc2ccc(S(=O)(=O)C(F)(F)F)cc2s1. The lowest BCUT2D eigenvalue weighted by Crippen LogP contribution is -2.55. The average molecular weight is 578 g/mol. The predicted molar refractivity (Wildman–Crippen MR) is 131 cm³/mol. The Hall–Kier alpha value is -3.08. The van der Waals surface area contributed by atoms with Crippen molar-refractivity contribution in [2.24, 2.45) is 0 Å². The lowest BCUT2D eigenvalue weighted by atomic mass is 10.1. The van der Waals surface area contributed by atoms with Crippen LogP contribution in [0.5, 0.6) is 0 Å². The summed E-state index contributed by atoms with van der Waals surface area (Å²) in [7, 11) is -5.52. The van der Waals surface area contributed by atoms with Crippen molar-refractivity contribution in [2.45, 2.75) is 35.9 Å². The number of alkyl halides is 3. The molecule has 1 aliphatic heterocycles. The summed E-state index contributed by atoms with van der Waals surface area (Å²) in [6, 6.07) is 3.15. The van der Waals surface area contributed by atoms with E-state index in [1.165, 1.54) is 17.2 Å². The number of aliphatic hydroxyl groups excluding tert-OH is 2. The van der Waals surface area contributed by atoms with Crippen LogP contribution in [0.1, 0.15) is 12.5 Å². The largest absolute Gasteiger partial charge is 0.501 e. The van der Waals surface area contributed by atoms with E-state index in [9.17, 15) is 35.9 Å². The molecule has 0 aliphatic carbocycles. The number of amides is 2. The topological polar surface area (TPSA) is 136 Å². The van der Waals surface area contributed by atoms with Gasteiger partial charge in [0.2, 0.25) is 0 Å². The number of sulfone groups is 1. The molecule has 2 amide bonds. The number of hydrogen-bond acceptors (Lipinski definition) is 9. The summed E-state index contributed by atoms with van der Waals surface area (Å²) >= 11 is 0.833. The molecule has 2 aromatic heterocycles. The highest BCUT2D eigenvalue weighted by Crippen LogP contribution is 2.34. The van der Waals surface area contributed by atoms with Gasteiger partial charge in [-0.15, -0.1) is 0 Å². The van der Waals surface area contributed by atoms with E-state index in [0.717, 1.165) is 29.5 Å². The molecule has 3 N–H and O–H groups in total. The van der Waals surface area contributed by atoms with Crippen LogP contribution in [-0.2, 0) is 16.3 Å². The van der Waals surface area contributed by atoms with Crippen molar-refractivity contribution in [2.75, 3.05) is 36.5 Å². The first-order valence-electron chi connectivity index (χ1n) is 11.3. The second kappa shape index (κ2) is 10.6. The van der Waals surface area contributed by atoms with Crippen LogP contribution in [0.25, 0.3) is 10.2 Å². The molecular weight excluding hydrogens is 554 g/mol. The molecule has 4 rings (SSSR count). The lowest BCUT2D eigenvalue weighted by molar-refractivity contribution is -0.0436. The highest BCUT2D eigenvalue weighted by Gasteiger charge is 2.47. The molecule has 0 spiro atoms. The van der Waals surface area contributed by atoms with Gasteiger partial charge in [0.1, 0.15) is 0 Å². The summed E-state index contributed by atoms with van der Waals surface area (Å²) in [5.41, 5.74) is -4.79. The predicted octanol–water partition coefficient (Wildman–Crippen LogP) is 2.76. The number of carbonyl (C=O) groups is 1. The number of hydrogen-bond donors (Lipinski definition) is 3. The van der Waals surface area contributed by atoms with E-state index in [1.807, 2.05) is 0 Å². The molecule has 1 saturated heterocycles. The molecule has 2 unspecified atom stereocenters. The Labute approximate surface area is 218 Å². The number of thiazole rings is 1. The minimum atomic E-state index is -5.52. The number of rotatable bonds is 6. The first-order chi connectivity index (χ1) is 17.8. The fraction of sp³-hybridized carbons (Fsp3) is 0.409. The monoisotopic (exact) mass is 577 g/mol. The van der Waals surface area contributed by atoms with E-state index in [2.05, 4.69) is 15.3 Å². The number of aromatic nitrogens is 2. The molecule has 10 nitrogen and oxygen atoms in total. The Balaban J connectivity index is 1.42. The first kappa shape index (κ1) is 27.9. The van der Waals surface area contributed by atoms with Gasteiger partial charge in [0.15, 0.2) is 16.8 Å². The standard InChI is InChI=1S/C22H23F4N5O5S2/c1-12-10-30(19-16(23)7-13(9-27-19)6-14(33)11-32)4-5-31(12)21(34)29-20-28-17-3-2-15(8-18(17)37-20)38(35,36)22(24,25)26/h2-3,7-9,12,14,32-33H,4-6,10-11H2,1H3,(H,28,29,34). The maximum Gasteiger partial charge on any atom is 0.501 e. The molecule has 0 radical (unpaired) electrons. The molecule has 0 saturated carbocycles. The Morgan fingerprint density at radius 1 is 1.29 bits per heavy atom. The van der Waals surface area contributed by atoms with Gasteiger partial charge >= 0.3 is 11.5 Å². The zero-order valence-corrected chi connectivity index (χ0v) is 21.4. The van der Waals surface area contributed by atoms with Crippen LogP contribution in [0.4, 0.5) is 33.3 Å². The second-order valence-electron chi connectivity index (χ2n) is 8.71. The van der Waals surface area contributed by atoms with Gasteiger partial charge in [0, 0.05) is 38.3 Å². The van der Waals surface area contributed by atoms with Crippen molar-refractivity contribution >= 4 is 48.4 Å². The number of carbonyl (C=O) groups excluding carboxylic acids is 1. The van der Waals surface area contributed by atoms with Crippen LogP contribution in [0, 0.1) is 5.82 Å². The minimum Gasteiger partial charge on any atom is -0.394 e. The zero-order chi connectivity index (χ0) is 27.8. The molecule has 1 aromatic carbocycles. The number of anilines is 2. The van der Waals surface area contributed by atoms with Gasteiger partial charge in [0.05, 0.1) is 27.8 Å². The minimum absolute atomic E-state index is 0.0519. The number of pyridine rings is 1. The molecular formula is C22H23F4N5O5S2. The number of urea groups is 1. The molecule has 16 heteroatoms. The fourth-order valence-corrected chi connectivity index (χ4v) is 5.78. The number of piperazine rings is 1. The van der Waals surface area contributed by atoms with E-state index in [-0.39, 0.29) is 53.3 Å². The third-order valence-corrected chi connectivity index (χ3v) is 8.35. The van der Waals surface area contributed by atoms with E-state index in [0.29, 0.717) is 5.56 Å². The Kier molecular flexibility index (Phi) is 7.79. The van der Waals surface area contributed by atoms with Crippen LogP contribution in [0.2, 0.25) is 0 Å². The first-order valence-corrected chi connectivity index (χ1v) is 13.6. The van der Waals surface area contributed by atoms with Gasteiger partial charge in [-0.2, -0.15) is 13.2 Å². The van der Waals surface area contributed by atoms with Crippen molar-refractivity contribution in [1.29, 1.82) is 0 Å². The summed E-state index contributed by atoms with van der Waals surface area (Å²) in [5, 5.41) is 21.1. The normalized spacial score (nSPS) is 17.6. The fourth-order valence-electron chi connectivity index (χ4n) is 4.03. The highest BCUT2D eigenvalue weighted by atomic mass is 32.2. The third-order valence-electron chi connectivity index (χ3n) is 5.94. The Morgan fingerprint density at radius 2 is 2.03 bits per heavy atom. The molecule has 3 aromatic rings. The molecule has 38 heavy (non-hydrogen) atoms. The number of nitrogens with zero attached hydrogens (tertiary/aromatic N) is 4. The van der Waals surface area contributed by atoms with Crippen LogP contribution in [-0.4, -0.2) is 83.4 Å². The summed E-state index contributed by atoms with van der Waals surface area (Å²) in [6.07, 6.45) is 0.449. The van der Waals surface area contributed by atoms with Crippen molar-refractivity contribution < 1.29 is 41.0 Å². The molecule has 3 heterocycles. The lowest BCUT2D eigenvalue weighted by Gasteiger charge is -2.40. The summed E-state index contributed by atoms with van der Waals surface area (Å²) in [5.74, 6) is -0.506. The smallest absolute Gasteiger partial charge is 0.394 e. The van der Waals surface area contributed by atoms with Gasteiger partial charge in [-0.05, 0) is 36.8 Å². The summed E-state index contributed by atoms with van der Waals surface area (Å²) in [4.78, 5) is 23.4. The van der Waals surface area contributed by atoms with Crippen LogP contribution in [0.3, 0.4) is 0 Å². The number of nitrogens with one attached hydrogen (secondary N) is 1. The number of halogens is 4. The second-order valence-corrected chi connectivity index (χ2v) is 11.7. The van der Waals surface area contributed by atoms with Crippen molar-refractivity contribution in [1.82, 2.24) is 14.9 Å². The third kappa shape index (κ3) is 5.67. The van der Waals surface area contributed by atoms with Crippen molar-refractivity contribution in [3.8, 4) is 0 Å². The van der Waals surface area contributed by atoms with E-state index < -0.39 is 44.8 Å². The van der Waals surface area contributed by atoms with Gasteiger partial charge in [-0.25, -0.2) is 27.6 Å². The molecule has 206 valence electrons. The molecule has 2 atom stereocenters. The van der Waals surface area contributed by atoms with Gasteiger partial charge in [-0.1, -0.05) is 11.3 Å². The van der Waals surface area contributed by atoms with Crippen molar-refractivity contribution in [3.05, 3.63) is 41.8 Å². The maximum atomic E-state index is 14.7. The van der Waals surface area contributed by atoms with Crippen molar-refractivity contribution in [3.63, 3.8) is 0 Å². The number of fused-ring (bicyclic) bond motifs is 1. The molecule has 1 fully saturated rings. The van der Waals surface area contributed by atoms with Crippen LogP contribution >= 0.6 is 11.3 Å². The highest BCUT2D eigenvalue weighted by molar-refractivity contribution is 7.92. The van der Waals surface area contributed by atoms with Gasteiger partial charge in [-0.3, -0.25) is 5.32 Å². The summed E-state index contributed by atoms with van der Waals surface area (Å²) < 4.78 is 76.8. The molecule has 1 aliphatic rings. The van der Waals surface area contributed by atoms with Crippen LogP contribution in [0.15, 0.2) is 35.4 Å². The Bertz CT molecular complexity index is 1450. The van der Waals surface area contributed by atoms with E-state index in [1.54, 1.807) is 11.8 Å². The number of benzene rings is 1. The van der Waals surface area contributed by atoms with Gasteiger partial charge in [0.25, 0.3) is 9.84 Å². The average Bonchev–Trinajstić information content (AvgIpc) is 3.24.